The van der Waals surface area contributed by atoms with Gasteiger partial charge in [-0.25, -0.2) is 4.98 Å². The van der Waals surface area contributed by atoms with Crippen molar-refractivity contribution in [2.75, 3.05) is 12.0 Å². The van der Waals surface area contributed by atoms with Gasteiger partial charge in [0.1, 0.15) is 11.3 Å². The Bertz CT molecular complexity index is 1690. The van der Waals surface area contributed by atoms with Gasteiger partial charge >= 0.3 is 0 Å². The van der Waals surface area contributed by atoms with Crippen LogP contribution in [0.5, 0.6) is 5.75 Å². The Balaban J connectivity index is 1.64. The molecule has 3 heterocycles. The molecule has 0 N–H and O–H groups in total. The van der Waals surface area contributed by atoms with Crippen LogP contribution in [0.1, 0.15) is 33.3 Å². The van der Waals surface area contributed by atoms with Crippen LogP contribution in [0.3, 0.4) is 0 Å². The summed E-state index contributed by atoms with van der Waals surface area (Å²) in [5.41, 5.74) is 2.89. The Hall–Kier alpha value is -3.68. The number of rotatable bonds is 3. The van der Waals surface area contributed by atoms with Crippen LogP contribution in [-0.4, -0.2) is 18.0 Å². The van der Waals surface area contributed by atoms with Crippen LogP contribution in [0.15, 0.2) is 69.9 Å². The molecule has 0 aliphatic carbocycles. The summed E-state index contributed by atoms with van der Waals surface area (Å²) in [6.07, 6.45) is 0. The van der Waals surface area contributed by atoms with Crippen molar-refractivity contribution in [2.24, 2.45) is 0 Å². The second-order valence-electron chi connectivity index (χ2n) is 8.14. The quantitative estimate of drug-likeness (QED) is 0.306. The third kappa shape index (κ3) is 3.12. The van der Waals surface area contributed by atoms with E-state index in [2.05, 4.69) is 0 Å². The van der Waals surface area contributed by atoms with E-state index < -0.39 is 11.9 Å². The van der Waals surface area contributed by atoms with Crippen LogP contribution in [0.4, 0.5) is 5.13 Å². The number of thiazole rings is 1. The van der Waals surface area contributed by atoms with E-state index >= 15 is 0 Å². The largest absolute Gasteiger partial charge is 0.497 e. The third-order valence-electron chi connectivity index (χ3n) is 5.98. The summed E-state index contributed by atoms with van der Waals surface area (Å²) in [5.74, 6) is 0.224. The smallest absolute Gasteiger partial charge is 0.297 e. The van der Waals surface area contributed by atoms with Crippen LogP contribution in [0.25, 0.3) is 21.2 Å². The first-order valence-electron chi connectivity index (χ1n) is 10.6. The summed E-state index contributed by atoms with van der Waals surface area (Å²) in [4.78, 5) is 33.7. The summed E-state index contributed by atoms with van der Waals surface area (Å²) in [7, 11) is 1.57. The number of ether oxygens (including phenoxy) is 1. The molecule has 0 bridgehead atoms. The summed E-state index contributed by atoms with van der Waals surface area (Å²) < 4.78 is 12.4. The van der Waals surface area contributed by atoms with Crippen molar-refractivity contribution in [2.45, 2.75) is 13.0 Å². The molecule has 0 radical (unpaired) electrons. The minimum absolute atomic E-state index is 0.0167. The number of fused-ring (bicyclic) bond motifs is 3. The van der Waals surface area contributed by atoms with Crippen molar-refractivity contribution in [3.63, 3.8) is 0 Å². The Morgan fingerprint density at radius 1 is 1.09 bits per heavy atom. The van der Waals surface area contributed by atoms with Gasteiger partial charge in [-0.1, -0.05) is 41.1 Å². The van der Waals surface area contributed by atoms with Crippen LogP contribution in [-0.2, 0) is 0 Å². The molecule has 168 valence electrons. The number of carbonyl (C=O) groups excluding carboxylic acids is 1. The number of carbonyl (C=O) groups is 1. The topological polar surface area (TPSA) is 72.6 Å². The summed E-state index contributed by atoms with van der Waals surface area (Å²) in [6, 6.07) is 17.3. The molecule has 0 saturated carbocycles. The Kier molecular flexibility index (Phi) is 4.72. The number of methoxy groups -OCH3 is 1. The van der Waals surface area contributed by atoms with Crippen molar-refractivity contribution >= 4 is 55.2 Å². The van der Waals surface area contributed by atoms with Gasteiger partial charge in [-0.2, -0.15) is 0 Å². The van der Waals surface area contributed by atoms with E-state index in [1.54, 1.807) is 30.2 Å². The Morgan fingerprint density at radius 2 is 1.94 bits per heavy atom. The van der Waals surface area contributed by atoms with Gasteiger partial charge in [0.25, 0.3) is 5.91 Å². The Morgan fingerprint density at radius 3 is 2.76 bits per heavy atom. The lowest BCUT2D eigenvalue weighted by atomic mass is 9.98. The number of nitrogens with zero attached hydrogens (tertiary/aromatic N) is 2. The fourth-order valence-electron chi connectivity index (χ4n) is 4.39. The van der Waals surface area contributed by atoms with E-state index in [0.29, 0.717) is 26.9 Å². The lowest BCUT2D eigenvalue weighted by Gasteiger charge is -2.22. The van der Waals surface area contributed by atoms with Crippen LogP contribution >= 0.6 is 22.9 Å². The first kappa shape index (κ1) is 20.9. The molecule has 0 spiro atoms. The van der Waals surface area contributed by atoms with Gasteiger partial charge in [-0.3, -0.25) is 14.5 Å². The summed E-state index contributed by atoms with van der Waals surface area (Å²) in [6.45, 7) is 2.01. The fraction of sp³-hybridized carbons (Fsp3) is 0.115. The second-order valence-corrected chi connectivity index (χ2v) is 9.58. The number of halogens is 1. The highest BCUT2D eigenvalue weighted by Crippen LogP contribution is 2.44. The molecule has 34 heavy (non-hydrogen) atoms. The van der Waals surface area contributed by atoms with Gasteiger partial charge in [0.15, 0.2) is 10.6 Å². The number of hydrogen-bond donors (Lipinski definition) is 0. The molecule has 8 heteroatoms. The van der Waals surface area contributed by atoms with E-state index in [-0.39, 0.29) is 16.8 Å². The van der Waals surface area contributed by atoms with E-state index in [4.69, 9.17) is 25.7 Å². The predicted octanol–water partition coefficient (Wildman–Crippen LogP) is 6.12. The van der Waals surface area contributed by atoms with Crippen molar-refractivity contribution in [3.05, 3.63) is 98.4 Å². The van der Waals surface area contributed by atoms with Crippen LogP contribution < -0.4 is 15.1 Å². The third-order valence-corrected chi connectivity index (χ3v) is 7.23. The summed E-state index contributed by atoms with van der Waals surface area (Å²) >= 11 is 7.56. The molecule has 1 atom stereocenters. The lowest BCUT2D eigenvalue weighted by molar-refractivity contribution is 0.0971. The number of aryl methyl sites for hydroxylation is 1. The highest BCUT2D eigenvalue weighted by atomic mass is 35.5. The molecule has 6 rings (SSSR count). The normalized spacial score (nSPS) is 15.3. The zero-order chi connectivity index (χ0) is 23.6. The fourth-order valence-corrected chi connectivity index (χ4v) is 5.65. The number of aromatic nitrogens is 1. The van der Waals surface area contributed by atoms with Crippen LogP contribution in [0, 0.1) is 6.92 Å². The highest BCUT2D eigenvalue weighted by molar-refractivity contribution is 7.22. The maximum atomic E-state index is 13.7. The van der Waals surface area contributed by atoms with Crippen molar-refractivity contribution in [3.8, 4) is 5.75 Å². The number of anilines is 1. The molecule has 5 aromatic rings. The second kappa shape index (κ2) is 7.68. The molecule has 1 amide bonds. The predicted molar refractivity (Wildman–Crippen MR) is 133 cm³/mol. The van der Waals surface area contributed by atoms with Gasteiger partial charge in [0, 0.05) is 5.02 Å². The number of hydrogen-bond acceptors (Lipinski definition) is 6. The zero-order valence-corrected chi connectivity index (χ0v) is 19.7. The van der Waals surface area contributed by atoms with Crippen molar-refractivity contribution < 1.29 is 13.9 Å². The first-order chi connectivity index (χ1) is 16.4. The maximum Gasteiger partial charge on any atom is 0.297 e. The molecular formula is C26H17ClN2O4S. The van der Waals surface area contributed by atoms with E-state index in [1.807, 2.05) is 49.4 Å². The standard InChI is InChI=1S/C26H17ClN2O4S/c1-13-6-8-18-20(10-13)34-26(28-18)29-22(14-4-3-5-16(11-14)32-2)21-23(30)17-12-15(27)7-9-19(17)33-24(21)25(29)31/h3-12,22H,1-2H3/t22-/m1/s1. The van der Waals surface area contributed by atoms with Gasteiger partial charge in [-0.05, 0) is 60.5 Å². The van der Waals surface area contributed by atoms with E-state index in [9.17, 15) is 9.59 Å². The maximum absolute atomic E-state index is 13.7. The van der Waals surface area contributed by atoms with Gasteiger partial charge in [0.05, 0.1) is 34.3 Å². The molecule has 0 saturated heterocycles. The molecule has 0 fully saturated rings. The minimum Gasteiger partial charge on any atom is -0.497 e. The van der Waals surface area contributed by atoms with Crippen molar-refractivity contribution in [1.29, 1.82) is 0 Å². The van der Waals surface area contributed by atoms with Gasteiger partial charge in [-0.15, -0.1) is 0 Å². The average molecular weight is 489 g/mol. The lowest BCUT2D eigenvalue weighted by Crippen LogP contribution is -2.29. The average Bonchev–Trinajstić information content (AvgIpc) is 3.38. The molecule has 1 aliphatic heterocycles. The van der Waals surface area contributed by atoms with E-state index in [0.717, 1.165) is 21.3 Å². The van der Waals surface area contributed by atoms with Crippen LogP contribution in [0.2, 0.25) is 5.02 Å². The van der Waals surface area contributed by atoms with Crippen molar-refractivity contribution in [1.82, 2.24) is 4.98 Å². The zero-order valence-electron chi connectivity index (χ0n) is 18.2. The molecule has 1 aliphatic rings. The molecular weight excluding hydrogens is 472 g/mol. The molecule has 3 aromatic carbocycles. The number of benzene rings is 3. The minimum atomic E-state index is -0.723. The molecule has 0 unspecified atom stereocenters. The molecule has 2 aromatic heterocycles. The van der Waals surface area contributed by atoms with Gasteiger partial charge < -0.3 is 9.15 Å². The highest BCUT2D eigenvalue weighted by Gasteiger charge is 2.45. The summed E-state index contributed by atoms with van der Waals surface area (Å²) in [5, 5.41) is 1.24. The number of amides is 1. The Labute approximate surface area is 203 Å². The SMILES string of the molecule is COc1cccc([C@@H]2c3c(oc4ccc(Cl)cc4c3=O)C(=O)N2c2nc3ccc(C)cc3s2)c1. The molecule has 6 nitrogen and oxygen atoms in total. The monoisotopic (exact) mass is 488 g/mol. The van der Waals surface area contributed by atoms with Gasteiger partial charge in [0.2, 0.25) is 5.76 Å². The first-order valence-corrected chi connectivity index (χ1v) is 11.7. The van der Waals surface area contributed by atoms with E-state index in [1.165, 1.54) is 11.3 Å².